The predicted molar refractivity (Wildman–Crippen MR) is 113 cm³/mol. The molecule has 0 aliphatic carbocycles. The van der Waals surface area contributed by atoms with Crippen molar-refractivity contribution < 1.29 is 14.3 Å². The summed E-state index contributed by atoms with van der Waals surface area (Å²) in [6.45, 7) is 2.14. The van der Waals surface area contributed by atoms with Crippen molar-refractivity contribution in [1.82, 2.24) is 9.97 Å². The zero-order chi connectivity index (χ0) is 20.5. The number of nitrogens with zero attached hydrogens (tertiary/aromatic N) is 2. The highest BCUT2D eigenvalue weighted by atomic mass is 32.2. The molecule has 0 bridgehead atoms. The smallest absolute Gasteiger partial charge is 0.310 e. The highest BCUT2D eigenvalue weighted by Crippen LogP contribution is 2.24. The number of carbonyl (C=O) groups excluding carboxylic acids is 2. The number of ether oxygens (including phenoxy) is 1. The van der Waals surface area contributed by atoms with E-state index in [1.165, 1.54) is 11.8 Å². The van der Waals surface area contributed by atoms with Crippen LogP contribution in [0.15, 0.2) is 72.1 Å². The Morgan fingerprint density at radius 2 is 1.76 bits per heavy atom. The molecule has 0 aliphatic rings. The molecule has 7 heteroatoms. The van der Waals surface area contributed by atoms with Gasteiger partial charge in [0.15, 0.2) is 0 Å². The van der Waals surface area contributed by atoms with Gasteiger partial charge in [0.2, 0.25) is 0 Å². The molecule has 1 N–H and O–H groups in total. The van der Waals surface area contributed by atoms with Gasteiger partial charge in [-0.3, -0.25) is 14.6 Å². The van der Waals surface area contributed by atoms with Crippen LogP contribution in [0.25, 0.3) is 0 Å². The average molecular weight is 407 g/mol. The van der Waals surface area contributed by atoms with Crippen molar-refractivity contribution in [2.75, 3.05) is 11.9 Å². The van der Waals surface area contributed by atoms with Crippen molar-refractivity contribution in [2.45, 2.75) is 24.1 Å². The molecule has 0 spiro atoms. The molecule has 0 saturated carbocycles. The first-order valence-electron chi connectivity index (χ1n) is 9.18. The molecule has 6 nitrogen and oxygen atoms in total. The second-order valence-electron chi connectivity index (χ2n) is 6.13. The lowest BCUT2D eigenvalue weighted by Crippen LogP contribution is -2.14. The fraction of sp³-hybridized carbons (Fsp3) is 0.182. The number of hydrogen-bond donors (Lipinski definition) is 1. The molecule has 0 atom stereocenters. The molecule has 148 valence electrons. The number of amides is 1. The van der Waals surface area contributed by atoms with Gasteiger partial charge in [-0.05, 0) is 54.4 Å². The Bertz CT molecular complexity index is 963. The van der Waals surface area contributed by atoms with E-state index in [-0.39, 0.29) is 18.3 Å². The number of rotatable bonds is 8. The minimum absolute atomic E-state index is 0.209. The van der Waals surface area contributed by atoms with Crippen molar-refractivity contribution in [3.8, 4) is 0 Å². The fourth-order valence-corrected chi connectivity index (χ4v) is 3.54. The van der Waals surface area contributed by atoms with Crippen molar-refractivity contribution in [2.24, 2.45) is 0 Å². The summed E-state index contributed by atoms with van der Waals surface area (Å²) in [5.41, 5.74) is 3.11. The molecular formula is C22H21N3O3S. The van der Waals surface area contributed by atoms with Gasteiger partial charge in [0.05, 0.1) is 18.6 Å². The number of carbonyl (C=O) groups is 2. The minimum Gasteiger partial charge on any atom is -0.466 e. The maximum atomic E-state index is 12.7. The van der Waals surface area contributed by atoms with E-state index in [1.54, 1.807) is 61.9 Å². The Balaban J connectivity index is 1.64. The van der Waals surface area contributed by atoms with Crippen LogP contribution in [-0.4, -0.2) is 28.5 Å². The van der Waals surface area contributed by atoms with E-state index < -0.39 is 0 Å². The van der Waals surface area contributed by atoms with Crippen LogP contribution in [0.1, 0.15) is 28.4 Å². The summed E-state index contributed by atoms with van der Waals surface area (Å²) in [6, 6.07) is 14.5. The monoisotopic (exact) mass is 407 g/mol. The number of hydrogen-bond acceptors (Lipinski definition) is 6. The molecule has 0 unspecified atom stereocenters. The van der Waals surface area contributed by atoms with E-state index >= 15 is 0 Å². The molecule has 2 heterocycles. The molecule has 0 saturated heterocycles. The summed E-state index contributed by atoms with van der Waals surface area (Å²) in [6.07, 6.45) is 5.37. The minimum atomic E-state index is -0.268. The summed E-state index contributed by atoms with van der Waals surface area (Å²) in [4.78, 5) is 32.7. The lowest BCUT2D eigenvalue weighted by molar-refractivity contribution is -0.142. The largest absolute Gasteiger partial charge is 0.466 e. The Morgan fingerprint density at radius 1 is 1.00 bits per heavy atom. The van der Waals surface area contributed by atoms with Crippen LogP contribution in [0.4, 0.5) is 5.69 Å². The molecule has 2 aromatic heterocycles. The molecule has 3 aromatic rings. The fourth-order valence-electron chi connectivity index (χ4n) is 2.59. The van der Waals surface area contributed by atoms with Crippen LogP contribution < -0.4 is 5.32 Å². The third-order valence-electron chi connectivity index (χ3n) is 4.01. The van der Waals surface area contributed by atoms with E-state index in [1.807, 2.05) is 12.1 Å². The first-order valence-corrected chi connectivity index (χ1v) is 10.2. The zero-order valence-electron chi connectivity index (χ0n) is 16.0. The third-order valence-corrected chi connectivity index (χ3v) is 5.08. The SMILES string of the molecule is CCOC(=O)Cc1ccc(NC(=O)c2cccnc2SCc2ccncc2)cc1. The summed E-state index contributed by atoms with van der Waals surface area (Å²) in [5.74, 6) is 0.200. The Labute approximate surface area is 173 Å². The first-order chi connectivity index (χ1) is 14.2. The van der Waals surface area contributed by atoms with Gasteiger partial charge in [0.25, 0.3) is 5.91 Å². The number of benzene rings is 1. The number of nitrogens with one attached hydrogen (secondary N) is 1. The van der Waals surface area contributed by atoms with E-state index in [2.05, 4.69) is 15.3 Å². The van der Waals surface area contributed by atoms with Gasteiger partial charge < -0.3 is 10.1 Å². The van der Waals surface area contributed by atoms with E-state index in [4.69, 9.17) is 4.74 Å². The van der Waals surface area contributed by atoms with Crippen LogP contribution in [0.3, 0.4) is 0 Å². The van der Waals surface area contributed by atoms with Gasteiger partial charge in [-0.2, -0.15) is 0 Å². The summed E-state index contributed by atoms with van der Waals surface area (Å²) in [7, 11) is 0. The van der Waals surface area contributed by atoms with Gasteiger partial charge >= 0.3 is 5.97 Å². The normalized spacial score (nSPS) is 10.4. The first kappa shape index (κ1) is 20.5. The van der Waals surface area contributed by atoms with Crippen molar-refractivity contribution in [3.63, 3.8) is 0 Å². The van der Waals surface area contributed by atoms with Gasteiger partial charge in [-0.25, -0.2) is 4.98 Å². The van der Waals surface area contributed by atoms with Crippen LogP contribution in [0.2, 0.25) is 0 Å². The molecule has 1 amide bonds. The Morgan fingerprint density at radius 3 is 2.48 bits per heavy atom. The topological polar surface area (TPSA) is 81.2 Å². The van der Waals surface area contributed by atoms with Crippen LogP contribution >= 0.6 is 11.8 Å². The van der Waals surface area contributed by atoms with Crippen LogP contribution in [0, 0.1) is 0 Å². The van der Waals surface area contributed by atoms with E-state index in [9.17, 15) is 9.59 Å². The number of thioether (sulfide) groups is 1. The highest BCUT2D eigenvalue weighted by Gasteiger charge is 2.13. The standard InChI is InChI=1S/C22H21N3O3S/c1-2-28-20(26)14-16-5-7-18(8-6-16)25-21(27)19-4-3-11-24-22(19)29-15-17-9-12-23-13-10-17/h3-13H,2,14-15H2,1H3,(H,25,27). The van der Waals surface area contributed by atoms with Crippen molar-refractivity contribution in [3.05, 3.63) is 83.8 Å². The Hall–Kier alpha value is -3.19. The van der Waals surface area contributed by atoms with Gasteiger partial charge in [0.1, 0.15) is 5.03 Å². The number of aromatic nitrogens is 2. The number of esters is 1. The van der Waals surface area contributed by atoms with Gasteiger partial charge in [0, 0.05) is 30.0 Å². The number of pyridine rings is 2. The molecule has 0 fully saturated rings. The quantitative estimate of drug-likeness (QED) is 0.447. The lowest BCUT2D eigenvalue weighted by Gasteiger charge is -2.10. The molecule has 0 radical (unpaired) electrons. The second kappa shape index (κ2) is 10.4. The lowest BCUT2D eigenvalue weighted by atomic mass is 10.1. The maximum absolute atomic E-state index is 12.7. The molecular weight excluding hydrogens is 386 g/mol. The van der Waals surface area contributed by atoms with Crippen molar-refractivity contribution in [1.29, 1.82) is 0 Å². The highest BCUT2D eigenvalue weighted by molar-refractivity contribution is 7.98. The average Bonchev–Trinajstić information content (AvgIpc) is 2.75. The molecule has 29 heavy (non-hydrogen) atoms. The van der Waals surface area contributed by atoms with Crippen LogP contribution in [0.5, 0.6) is 0 Å². The Kier molecular flexibility index (Phi) is 7.35. The maximum Gasteiger partial charge on any atom is 0.310 e. The zero-order valence-corrected chi connectivity index (χ0v) is 16.8. The predicted octanol–water partition coefficient (Wildman–Crippen LogP) is 4.13. The van der Waals surface area contributed by atoms with E-state index in [0.717, 1.165) is 11.1 Å². The van der Waals surface area contributed by atoms with Crippen molar-refractivity contribution >= 4 is 29.3 Å². The van der Waals surface area contributed by atoms with Gasteiger partial charge in [-0.15, -0.1) is 11.8 Å². The third kappa shape index (κ3) is 6.15. The molecule has 1 aromatic carbocycles. The van der Waals surface area contributed by atoms with E-state index in [0.29, 0.717) is 28.6 Å². The summed E-state index contributed by atoms with van der Waals surface area (Å²) >= 11 is 1.50. The molecule has 3 rings (SSSR count). The van der Waals surface area contributed by atoms with Gasteiger partial charge in [-0.1, -0.05) is 12.1 Å². The summed E-state index contributed by atoms with van der Waals surface area (Å²) < 4.78 is 4.95. The number of anilines is 1. The molecule has 0 aliphatic heterocycles. The second-order valence-corrected chi connectivity index (χ2v) is 7.10. The summed E-state index contributed by atoms with van der Waals surface area (Å²) in [5, 5.41) is 3.55. The van der Waals surface area contributed by atoms with Crippen LogP contribution in [-0.2, 0) is 21.7 Å².